The van der Waals surface area contributed by atoms with E-state index in [2.05, 4.69) is 59.9 Å². The van der Waals surface area contributed by atoms with Crippen LogP contribution in [0.25, 0.3) is 10.9 Å². The lowest BCUT2D eigenvalue weighted by Crippen LogP contribution is -2.59. The Hall–Kier alpha value is -0.810. The number of aromatic amines is 1. The molecule has 4 fully saturated rings. The molecule has 27 heavy (non-hydrogen) atoms. The van der Waals surface area contributed by atoms with Gasteiger partial charge in [0, 0.05) is 45.0 Å². The van der Waals surface area contributed by atoms with Crippen LogP contribution in [0.15, 0.2) is 22.7 Å². The lowest BCUT2D eigenvalue weighted by atomic mass is 9.49. The molecular formula is C22H24Br2N2O. The normalized spacial score (nSPS) is 37.0. The molecular weight excluding hydrogens is 468 g/mol. The summed E-state index contributed by atoms with van der Waals surface area (Å²) in [4.78, 5) is 19.6. The van der Waals surface area contributed by atoms with Gasteiger partial charge < -0.3 is 9.88 Å². The number of rotatable bonds is 1. The van der Waals surface area contributed by atoms with Gasteiger partial charge >= 0.3 is 0 Å². The summed E-state index contributed by atoms with van der Waals surface area (Å²) in [6, 6.07) is 6.36. The zero-order valence-corrected chi connectivity index (χ0v) is 18.5. The van der Waals surface area contributed by atoms with Crippen LogP contribution >= 0.6 is 31.9 Å². The Bertz CT molecular complexity index is 951. The molecule has 3 nitrogen and oxygen atoms in total. The van der Waals surface area contributed by atoms with Crippen molar-refractivity contribution < 1.29 is 4.79 Å². The zero-order chi connectivity index (χ0) is 18.4. The first kappa shape index (κ1) is 17.1. The van der Waals surface area contributed by atoms with Crippen molar-refractivity contribution in [3.8, 4) is 0 Å². The minimum atomic E-state index is -0.0994. The van der Waals surface area contributed by atoms with Gasteiger partial charge in [0.25, 0.3) is 0 Å². The highest BCUT2D eigenvalue weighted by molar-refractivity contribution is 9.10. The predicted molar refractivity (Wildman–Crippen MR) is 114 cm³/mol. The number of aromatic nitrogens is 1. The van der Waals surface area contributed by atoms with Crippen molar-refractivity contribution in [2.24, 2.45) is 17.3 Å². The Morgan fingerprint density at radius 3 is 2.70 bits per heavy atom. The van der Waals surface area contributed by atoms with E-state index >= 15 is 0 Å². The maximum atomic E-state index is 13.8. The van der Waals surface area contributed by atoms with E-state index in [4.69, 9.17) is 0 Å². The second-order valence-electron chi connectivity index (χ2n) is 9.61. The van der Waals surface area contributed by atoms with Crippen LogP contribution in [0.2, 0.25) is 0 Å². The summed E-state index contributed by atoms with van der Waals surface area (Å²) >= 11 is 7.73. The van der Waals surface area contributed by atoms with Crippen molar-refractivity contribution in [3.63, 3.8) is 0 Å². The standard InChI is InChI=1S/C22H24Br2N2O/c23-17-3-1-2-15-16-11-26(5-4-18(16)25-19(15)17)20(27)21-7-13-6-14(8-21)10-22(24,9-13)12-21/h1-3,13-14,25H,4-12H2. The van der Waals surface area contributed by atoms with E-state index < -0.39 is 0 Å². The van der Waals surface area contributed by atoms with Gasteiger partial charge in [-0.05, 0) is 72.4 Å². The third-order valence-electron chi connectivity index (χ3n) is 7.69. The molecule has 5 heteroatoms. The number of amides is 1. The molecule has 0 radical (unpaired) electrons. The van der Waals surface area contributed by atoms with Gasteiger partial charge in [0.05, 0.1) is 10.9 Å². The van der Waals surface area contributed by atoms with Crippen LogP contribution in [0, 0.1) is 17.3 Å². The second kappa shape index (κ2) is 5.63. The maximum absolute atomic E-state index is 13.8. The lowest BCUT2D eigenvalue weighted by Gasteiger charge is -2.60. The summed E-state index contributed by atoms with van der Waals surface area (Å²) in [5.74, 6) is 1.94. The minimum Gasteiger partial charge on any atom is -0.357 e. The van der Waals surface area contributed by atoms with Crippen LogP contribution in [-0.2, 0) is 17.8 Å². The van der Waals surface area contributed by atoms with Crippen molar-refractivity contribution in [2.45, 2.75) is 55.8 Å². The first-order chi connectivity index (χ1) is 12.9. The molecule has 2 aromatic rings. The number of hydrogen-bond donors (Lipinski definition) is 1. The maximum Gasteiger partial charge on any atom is 0.229 e. The summed E-state index contributed by atoms with van der Waals surface area (Å²) in [5, 5.41) is 1.26. The molecule has 1 aromatic heterocycles. The summed E-state index contributed by atoms with van der Waals surface area (Å²) in [5.41, 5.74) is 3.70. The number of halogens is 2. The van der Waals surface area contributed by atoms with Gasteiger partial charge in [0.1, 0.15) is 0 Å². The van der Waals surface area contributed by atoms with E-state index in [9.17, 15) is 4.79 Å². The highest BCUT2D eigenvalue weighted by atomic mass is 79.9. The zero-order valence-electron chi connectivity index (χ0n) is 15.4. The van der Waals surface area contributed by atoms with Gasteiger partial charge in [-0.15, -0.1) is 0 Å². The molecule has 1 aromatic carbocycles. The Morgan fingerprint density at radius 2 is 1.96 bits per heavy atom. The number of benzene rings is 1. The van der Waals surface area contributed by atoms with Crippen molar-refractivity contribution in [3.05, 3.63) is 33.9 Å². The van der Waals surface area contributed by atoms with Gasteiger partial charge in [0.2, 0.25) is 5.91 Å². The molecule has 5 aliphatic rings. The molecule has 7 rings (SSSR count). The number of nitrogens with zero attached hydrogens (tertiary/aromatic N) is 1. The van der Waals surface area contributed by atoms with E-state index in [1.54, 1.807) is 0 Å². The Balaban J connectivity index is 1.34. The average Bonchev–Trinajstić information content (AvgIpc) is 2.98. The number of nitrogens with one attached hydrogen (secondary N) is 1. The van der Waals surface area contributed by atoms with Crippen LogP contribution in [0.4, 0.5) is 0 Å². The van der Waals surface area contributed by atoms with Crippen LogP contribution < -0.4 is 0 Å². The average molecular weight is 492 g/mol. The number of H-pyrrole nitrogens is 1. The first-order valence-corrected chi connectivity index (χ1v) is 11.8. The first-order valence-electron chi connectivity index (χ1n) is 10.2. The van der Waals surface area contributed by atoms with Gasteiger partial charge in [-0.1, -0.05) is 28.1 Å². The van der Waals surface area contributed by atoms with Crippen LogP contribution in [-0.4, -0.2) is 26.7 Å². The molecule has 0 saturated heterocycles. The van der Waals surface area contributed by atoms with Gasteiger partial charge in [-0.2, -0.15) is 0 Å². The number of carbonyl (C=O) groups excluding carboxylic acids is 1. The van der Waals surface area contributed by atoms with Crippen LogP contribution in [0.5, 0.6) is 0 Å². The Labute approximate surface area is 176 Å². The summed E-state index contributed by atoms with van der Waals surface area (Å²) in [7, 11) is 0. The molecule has 1 amide bonds. The van der Waals surface area contributed by atoms with E-state index in [0.29, 0.717) is 5.91 Å². The summed E-state index contributed by atoms with van der Waals surface area (Å²) < 4.78 is 1.34. The molecule has 2 atom stereocenters. The van der Waals surface area contributed by atoms with Crippen LogP contribution in [0.3, 0.4) is 0 Å². The Kier molecular flexibility index (Phi) is 3.56. The molecule has 0 spiro atoms. The van der Waals surface area contributed by atoms with Crippen LogP contribution in [0.1, 0.15) is 49.8 Å². The number of carbonyl (C=O) groups is 1. The predicted octanol–water partition coefficient (Wildman–Crippen LogP) is 5.55. The smallest absolute Gasteiger partial charge is 0.229 e. The van der Waals surface area contributed by atoms with Crippen molar-refractivity contribution >= 4 is 48.7 Å². The minimum absolute atomic E-state index is 0.0994. The monoisotopic (exact) mass is 490 g/mol. The largest absolute Gasteiger partial charge is 0.357 e. The van der Waals surface area contributed by atoms with Crippen molar-refractivity contribution in [1.82, 2.24) is 9.88 Å². The summed E-state index contributed by atoms with van der Waals surface area (Å²) in [6.07, 6.45) is 8.14. The van der Waals surface area contributed by atoms with Gasteiger partial charge in [-0.25, -0.2) is 0 Å². The fraction of sp³-hybridized carbons (Fsp3) is 0.591. The van der Waals surface area contributed by atoms with Gasteiger partial charge in [-0.3, -0.25) is 4.79 Å². The quantitative estimate of drug-likeness (QED) is 0.521. The molecule has 1 aliphatic heterocycles. The number of fused-ring (bicyclic) bond motifs is 3. The molecule has 2 heterocycles. The molecule has 4 aliphatic carbocycles. The summed E-state index contributed by atoms with van der Waals surface area (Å²) in [6.45, 7) is 1.61. The highest BCUT2D eigenvalue weighted by Gasteiger charge is 2.60. The molecule has 142 valence electrons. The highest BCUT2D eigenvalue weighted by Crippen LogP contribution is 2.65. The molecule has 1 N–H and O–H groups in total. The van der Waals surface area contributed by atoms with E-state index in [1.165, 1.54) is 41.4 Å². The van der Waals surface area contributed by atoms with Gasteiger partial charge in [0.15, 0.2) is 0 Å². The SMILES string of the molecule is O=C(N1CCc2[nH]c3c(Br)cccc3c2C1)C12CC3CC(CC(Br)(C3)C1)C2. The number of alkyl halides is 1. The Morgan fingerprint density at radius 1 is 1.19 bits per heavy atom. The topological polar surface area (TPSA) is 36.1 Å². The lowest BCUT2D eigenvalue weighted by molar-refractivity contribution is -0.156. The molecule has 2 unspecified atom stereocenters. The van der Waals surface area contributed by atoms with E-state index in [0.717, 1.165) is 55.1 Å². The third-order valence-corrected chi connectivity index (χ3v) is 9.28. The van der Waals surface area contributed by atoms with Crippen molar-refractivity contribution in [2.75, 3.05) is 6.54 Å². The van der Waals surface area contributed by atoms with E-state index in [1.807, 2.05) is 0 Å². The second-order valence-corrected chi connectivity index (χ2v) is 12.1. The fourth-order valence-electron chi connectivity index (χ4n) is 7.11. The third kappa shape index (κ3) is 2.46. The fourth-order valence-corrected chi connectivity index (χ4v) is 9.03. The van der Waals surface area contributed by atoms with E-state index in [-0.39, 0.29) is 9.74 Å². The van der Waals surface area contributed by atoms with Crippen molar-refractivity contribution in [1.29, 1.82) is 0 Å². The molecule has 4 saturated carbocycles. The number of para-hydroxylation sites is 1. The number of hydrogen-bond acceptors (Lipinski definition) is 1. The molecule has 4 bridgehead atoms.